The number of aromatic amines is 1. The molecule has 1 amide bonds. The zero-order valence-electron chi connectivity index (χ0n) is 11.3. The predicted octanol–water partition coefficient (Wildman–Crippen LogP) is 1.73. The Morgan fingerprint density at radius 2 is 2.09 bits per heavy atom. The summed E-state index contributed by atoms with van der Waals surface area (Å²) in [4.78, 5) is 41.7. The highest BCUT2D eigenvalue weighted by molar-refractivity contribution is 7.17. The molecule has 0 spiro atoms. The number of nitrogens with zero attached hydrogens (tertiary/aromatic N) is 1. The lowest BCUT2D eigenvalue weighted by atomic mass is 10.1. The maximum absolute atomic E-state index is 12.2. The van der Waals surface area contributed by atoms with Gasteiger partial charge in [-0.3, -0.25) is 14.4 Å². The topological polar surface area (TPSA) is 91.9 Å². The molecule has 0 fully saturated rings. The lowest BCUT2D eigenvalue weighted by Crippen LogP contribution is -2.23. The fourth-order valence-electron chi connectivity index (χ4n) is 2.04. The Morgan fingerprint density at radius 3 is 2.82 bits per heavy atom. The first-order valence-electron chi connectivity index (χ1n) is 6.46. The van der Waals surface area contributed by atoms with E-state index in [9.17, 15) is 14.4 Å². The van der Waals surface area contributed by atoms with Crippen molar-refractivity contribution in [1.29, 1.82) is 0 Å². The monoisotopic (exact) mass is 313 g/mol. The van der Waals surface area contributed by atoms with Gasteiger partial charge in [-0.25, -0.2) is 4.98 Å². The fourth-order valence-corrected chi connectivity index (χ4v) is 2.93. The molecule has 0 radical (unpaired) electrons. The molecule has 2 aromatic heterocycles. The molecule has 110 valence electrons. The molecule has 0 atom stereocenters. The molecule has 3 aromatic rings. The first kappa shape index (κ1) is 14.2. The number of aromatic nitrogens is 2. The number of thiophene rings is 1. The van der Waals surface area contributed by atoms with E-state index in [4.69, 9.17) is 0 Å². The fraction of sp³-hybridized carbons (Fsp3) is 0.0667. The number of amides is 1. The van der Waals surface area contributed by atoms with Crippen molar-refractivity contribution in [3.63, 3.8) is 0 Å². The van der Waals surface area contributed by atoms with Crippen LogP contribution < -0.4 is 10.9 Å². The van der Waals surface area contributed by atoms with E-state index in [2.05, 4.69) is 15.3 Å². The molecule has 7 heteroatoms. The van der Waals surface area contributed by atoms with Crippen molar-refractivity contribution in [1.82, 2.24) is 15.3 Å². The normalized spacial score (nSPS) is 10.5. The molecule has 0 aliphatic carbocycles. The maximum atomic E-state index is 12.2. The van der Waals surface area contributed by atoms with Crippen LogP contribution in [-0.2, 0) is 6.54 Å². The van der Waals surface area contributed by atoms with E-state index < -0.39 is 0 Å². The first-order chi connectivity index (χ1) is 10.7. The molecular formula is C15H11N3O3S. The smallest absolute Gasteiger partial charge is 0.260 e. The third kappa shape index (κ3) is 2.66. The van der Waals surface area contributed by atoms with Crippen LogP contribution in [0.25, 0.3) is 10.2 Å². The van der Waals surface area contributed by atoms with Crippen LogP contribution in [0, 0.1) is 0 Å². The SMILES string of the molecule is O=Cc1ccc(CNC(=O)c2csc3nc[nH]c(=O)c23)cc1. The Morgan fingerprint density at radius 1 is 1.32 bits per heavy atom. The summed E-state index contributed by atoms with van der Waals surface area (Å²) in [7, 11) is 0. The summed E-state index contributed by atoms with van der Waals surface area (Å²) in [5.74, 6) is -0.329. The number of hydrogen-bond donors (Lipinski definition) is 2. The van der Waals surface area contributed by atoms with E-state index in [-0.39, 0.29) is 11.5 Å². The second-order valence-corrected chi connectivity index (χ2v) is 5.46. The third-order valence-corrected chi connectivity index (χ3v) is 4.08. The van der Waals surface area contributed by atoms with Gasteiger partial charge >= 0.3 is 0 Å². The number of carbonyl (C=O) groups is 2. The molecule has 22 heavy (non-hydrogen) atoms. The molecule has 0 saturated carbocycles. The molecule has 3 rings (SSSR count). The van der Waals surface area contributed by atoms with Crippen molar-refractivity contribution >= 4 is 33.7 Å². The lowest BCUT2D eigenvalue weighted by Gasteiger charge is -2.04. The van der Waals surface area contributed by atoms with E-state index in [1.54, 1.807) is 29.6 Å². The van der Waals surface area contributed by atoms with Gasteiger partial charge in [0.1, 0.15) is 11.1 Å². The predicted molar refractivity (Wildman–Crippen MR) is 83.2 cm³/mol. The van der Waals surface area contributed by atoms with Crippen LogP contribution in [0.1, 0.15) is 26.3 Å². The second-order valence-electron chi connectivity index (χ2n) is 4.60. The van der Waals surface area contributed by atoms with E-state index in [1.165, 1.54) is 17.7 Å². The van der Waals surface area contributed by atoms with Gasteiger partial charge < -0.3 is 10.3 Å². The van der Waals surface area contributed by atoms with Crippen LogP contribution in [0.4, 0.5) is 0 Å². The highest BCUT2D eigenvalue weighted by Gasteiger charge is 2.15. The quantitative estimate of drug-likeness (QED) is 0.717. The molecule has 2 N–H and O–H groups in total. The van der Waals surface area contributed by atoms with E-state index >= 15 is 0 Å². The van der Waals surface area contributed by atoms with Gasteiger partial charge in [0.15, 0.2) is 0 Å². The average Bonchev–Trinajstić information content (AvgIpc) is 2.98. The molecule has 0 saturated heterocycles. The maximum Gasteiger partial charge on any atom is 0.260 e. The number of aldehydes is 1. The number of rotatable bonds is 4. The Labute approximate surface area is 128 Å². The lowest BCUT2D eigenvalue weighted by molar-refractivity contribution is 0.0952. The Balaban J connectivity index is 1.78. The van der Waals surface area contributed by atoms with Gasteiger partial charge in [-0.1, -0.05) is 24.3 Å². The Kier molecular flexibility index (Phi) is 3.80. The van der Waals surface area contributed by atoms with Gasteiger partial charge in [-0.05, 0) is 5.56 Å². The van der Waals surface area contributed by atoms with Crippen molar-refractivity contribution in [3.05, 3.63) is 63.0 Å². The third-order valence-electron chi connectivity index (χ3n) is 3.19. The summed E-state index contributed by atoms with van der Waals surface area (Å²) < 4.78 is 0. The number of nitrogens with one attached hydrogen (secondary N) is 2. The number of benzene rings is 1. The van der Waals surface area contributed by atoms with Gasteiger partial charge in [0, 0.05) is 17.5 Å². The van der Waals surface area contributed by atoms with Gasteiger partial charge in [0.05, 0.1) is 17.3 Å². The summed E-state index contributed by atoms with van der Waals surface area (Å²) >= 11 is 1.25. The second kappa shape index (κ2) is 5.90. The van der Waals surface area contributed by atoms with Crippen molar-refractivity contribution in [2.45, 2.75) is 6.54 Å². The zero-order valence-corrected chi connectivity index (χ0v) is 12.1. The minimum absolute atomic E-state index is 0.307. The van der Waals surface area contributed by atoms with Crippen LogP contribution in [-0.4, -0.2) is 22.2 Å². The summed E-state index contributed by atoms with van der Waals surface area (Å²) in [5.41, 5.74) is 1.44. The average molecular weight is 313 g/mol. The van der Waals surface area contributed by atoms with Crippen LogP contribution in [0.2, 0.25) is 0 Å². The summed E-state index contributed by atoms with van der Waals surface area (Å²) in [6, 6.07) is 6.90. The summed E-state index contributed by atoms with van der Waals surface area (Å²) in [6.45, 7) is 0.313. The minimum atomic E-state index is -0.329. The van der Waals surface area contributed by atoms with Crippen molar-refractivity contribution < 1.29 is 9.59 Å². The van der Waals surface area contributed by atoms with Crippen molar-refractivity contribution in [2.24, 2.45) is 0 Å². The molecular weight excluding hydrogens is 302 g/mol. The van der Waals surface area contributed by atoms with Crippen molar-refractivity contribution in [2.75, 3.05) is 0 Å². The number of H-pyrrole nitrogens is 1. The molecule has 0 aliphatic rings. The van der Waals surface area contributed by atoms with Gasteiger partial charge in [-0.15, -0.1) is 11.3 Å². The highest BCUT2D eigenvalue weighted by Crippen LogP contribution is 2.20. The van der Waals surface area contributed by atoms with Crippen LogP contribution in [0.15, 0.2) is 40.8 Å². The van der Waals surface area contributed by atoms with Gasteiger partial charge in [0.25, 0.3) is 11.5 Å². The van der Waals surface area contributed by atoms with Crippen LogP contribution in [0.5, 0.6) is 0 Å². The Bertz CT molecular complexity index is 896. The highest BCUT2D eigenvalue weighted by atomic mass is 32.1. The number of fused-ring (bicyclic) bond motifs is 1. The molecule has 0 bridgehead atoms. The molecule has 0 unspecified atom stereocenters. The van der Waals surface area contributed by atoms with Gasteiger partial charge in [0.2, 0.25) is 0 Å². The van der Waals surface area contributed by atoms with Crippen LogP contribution in [0.3, 0.4) is 0 Å². The Hall–Kier alpha value is -2.80. The van der Waals surface area contributed by atoms with E-state index in [0.29, 0.717) is 27.9 Å². The van der Waals surface area contributed by atoms with Gasteiger partial charge in [-0.2, -0.15) is 0 Å². The van der Waals surface area contributed by atoms with E-state index in [0.717, 1.165) is 11.8 Å². The van der Waals surface area contributed by atoms with E-state index in [1.807, 2.05) is 0 Å². The number of carbonyl (C=O) groups excluding carboxylic acids is 2. The van der Waals surface area contributed by atoms with Crippen LogP contribution >= 0.6 is 11.3 Å². The standard InChI is InChI=1S/C15H11N3O3S/c19-6-10-3-1-9(2-4-10)5-16-13(20)11-7-22-15-12(11)14(21)17-8-18-15/h1-4,6-8H,5H2,(H,16,20)(H,17,18,21). The molecule has 6 nitrogen and oxygen atoms in total. The summed E-state index contributed by atoms with van der Waals surface area (Å²) in [6.07, 6.45) is 2.08. The molecule has 0 aliphatic heterocycles. The van der Waals surface area contributed by atoms with Crippen molar-refractivity contribution in [3.8, 4) is 0 Å². The first-order valence-corrected chi connectivity index (χ1v) is 7.34. The number of hydrogen-bond acceptors (Lipinski definition) is 5. The minimum Gasteiger partial charge on any atom is -0.348 e. The zero-order chi connectivity index (χ0) is 15.5. The molecule has 1 aromatic carbocycles. The largest absolute Gasteiger partial charge is 0.348 e. The summed E-state index contributed by atoms with van der Waals surface area (Å²) in [5, 5.41) is 4.69. The molecule has 2 heterocycles.